The molecule has 0 aliphatic heterocycles. The van der Waals surface area contributed by atoms with Crippen molar-refractivity contribution in [1.82, 2.24) is 9.38 Å². The van der Waals surface area contributed by atoms with Crippen molar-refractivity contribution < 1.29 is 8.42 Å². The highest BCUT2D eigenvalue weighted by Gasteiger charge is 2.17. The number of anilines is 1. The van der Waals surface area contributed by atoms with Gasteiger partial charge in [-0.2, -0.15) is 0 Å². The summed E-state index contributed by atoms with van der Waals surface area (Å²) in [6.45, 7) is 0. The van der Waals surface area contributed by atoms with Crippen LogP contribution in [0, 0.1) is 0 Å². The van der Waals surface area contributed by atoms with Crippen LogP contribution < -0.4 is 10.5 Å². The third kappa shape index (κ3) is 2.37. The second kappa shape index (κ2) is 4.87. The maximum absolute atomic E-state index is 11.7. The molecule has 0 atom stereocenters. The monoisotopic (exact) mass is 302 g/mol. The van der Waals surface area contributed by atoms with Gasteiger partial charge in [0.25, 0.3) is 0 Å². The summed E-state index contributed by atoms with van der Waals surface area (Å²) in [5.41, 5.74) is 2.83. The Hall–Kier alpha value is -2.38. The molecule has 0 aliphatic carbocycles. The fourth-order valence-corrected chi connectivity index (χ4v) is 3.00. The fourth-order valence-electron chi connectivity index (χ4n) is 2.25. The molecule has 21 heavy (non-hydrogen) atoms. The Balaban J connectivity index is 2.31. The molecule has 1 aromatic carbocycles. The second-order valence-electron chi connectivity index (χ2n) is 4.58. The van der Waals surface area contributed by atoms with Gasteiger partial charge in [0, 0.05) is 18.8 Å². The topological polar surface area (TPSA) is 89.5 Å². The van der Waals surface area contributed by atoms with Gasteiger partial charge < -0.3 is 5.32 Å². The Bertz CT molecular complexity index is 916. The molecule has 6 nitrogen and oxygen atoms in total. The standard InChI is InChI=1S/C14H14N4O2S/c1-16-10-6-7-14-17-8-12(18(14)9-10)11-4-2-3-5-13(11)21(15,19)20/h2-9,16H,1H3,(H2,15,19,20). The molecule has 7 heteroatoms. The lowest BCUT2D eigenvalue weighted by Gasteiger charge is -2.08. The number of aromatic nitrogens is 2. The molecular weight excluding hydrogens is 288 g/mol. The molecule has 0 spiro atoms. The summed E-state index contributed by atoms with van der Waals surface area (Å²) >= 11 is 0. The highest BCUT2D eigenvalue weighted by molar-refractivity contribution is 7.89. The van der Waals surface area contributed by atoms with Gasteiger partial charge in [-0.1, -0.05) is 18.2 Å². The number of nitrogens with zero attached hydrogens (tertiary/aromatic N) is 2. The zero-order chi connectivity index (χ0) is 15.0. The first-order valence-corrected chi connectivity index (χ1v) is 7.82. The number of primary sulfonamides is 1. The van der Waals surface area contributed by atoms with Crippen LogP contribution in [0.25, 0.3) is 16.9 Å². The van der Waals surface area contributed by atoms with Crippen molar-refractivity contribution in [2.24, 2.45) is 5.14 Å². The minimum atomic E-state index is -3.80. The molecule has 3 aromatic rings. The normalized spacial score (nSPS) is 11.7. The highest BCUT2D eigenvalue weighted by atomic mass is 32.2. The van der Waals surface area contributed by atoms with Crippen molar-refractivity contribution in [1.29, 1.82) is 0 Å². The minimum absolute atomic E-state index is 0.0849. The molecule has 3 N–H and O–H groups in total. The molecule has 2 heterocycles. The van der Waals surface area contributed by atoms with Crippen LogP contribution in [-0.4, -0.2) is 24.9 Å². The Kier molecular flexibility index (Phi) is 3.15. The van der Waals surface area contributed by atoms with Gasteiger partial charge in [-0.25, -0.2) is 18.5 Å². The summed E-state index contributed by atoms with van der Waals surface area (Å²) in [6, 6.07) is 10.4. The van der Waals surface area contributed by atoms with E-state index in [4.69, 9.17) is 5.14 Å². The van der Waals surface area contributed by atoms with E-state index in [9.17, 15) is 8.42 Å². The number of sulfonamides is 1. The van der Waals surface area contributed by atoms with E-state index in [2.05, 4.69) is 10.3 Å². The van der Waals surface area contributed by atoms with Gasteiger partial charge in [-0.15, -0.1) is 0 Å². The molecule has 0 unspecified atom stereocenters. The SMILES string of the molecule is CNc1ccc2ncc(-c3ccccc3S(N)(=O)=O)n2c1. The number of pyridine rings is 1. The Morgan fingerprint density at radius 2 is 1.95 bits per heavy atom. The summed E-state index contributed by atoms with van der Waals surface area (Å²) < 4.78 is 25.3. The minimum Gasteiger partial charge on any atom is -0.387 e. The second-order valence-corrected chi connectivity index (χ2v) is 6.11. The molecule has 108 valence electrons. The average Bonchev–Trinajstić information content (AvgIpc) is 2.89. The van der Waals surface area contributed by atoms with Crippen LogP contribution in [0.15, 0.2) is 53.7 Å². The van der Waals surface area contributed by atoms with E-state index in [1.54, 1.807) is 24.4 Å². The first-order chi connectivity index (χ1) is 10.0. The van der Waals surface area contributed by atoms with E-state index in [-0.39, 0.29) is 4.90 Å². The maximum Gasteiger partial charge on any atom is 0.238 e. The van der Waals surface area contributed by atoms with Crippen molar-refractivity contribution in [3.05, 3.63) is 48.8 Å². The predicted octanol–water partition coefficient (Wildman–Crippen LogP) is 1.69. The van der Waals surface area contributed by atoms with Gasteiger partial charge >= 0.3 is 0 Å². The zero-order valence-electron chi connectivity index (χ0n) is 11.3. The third-order valence-electron chi connectivity index (χ3n) is 3.26. The van der Waals surface area contributed by atoms with Crippen molar-refractivity contribution in [2.45, 2.75) is 4.90 Å². The number of nitrogens with two attached hydrogens (primary N) is 1. The first kappa shape index (κ1) is 13.6. The molecule has 0 fully saturated rings. The molecule has 0 saturated carbocycles. The van der Waals surface area contributed by atoms with Crippen molar-refractivity contribution in [2.75, 3.05) is 12.4 Å². The fraction of sp³-hybridized carbons (Fsp3) is 0.0714. The molecule has 0 saturated heterocycles. The molecule has 3 rings (SSSR count). The number of hydrogen-bond donors (Lipinski definition) is 2. The predicted molar refractivity (Wildman–Crippen MR) is 81.5 cm³/mol. The number of benzene rings is 1. The van der Waals surface area contributed by atoms with Crippen LogP contribution in [0.5, 0.6) is 0 Å². The number of fused-ring (bicyclic) bond motifs is 1. The lowest BCUT2D eigenvalue weighted by atomic mass is 10.1. The van der Waals surface area contributed by atoms with Gasteiger partial charge in [0.2, 0.25) is 10.0 Å². The van der Waals surface area contributed by atoms with Crippen LogP contribution >= 0.6 is 0 Å². The summed E-state index contributed by atoms with van der Waals surface area (Å²) in [5, 5.41) is 8.33. The van der Waals surface area contributed by atoms with Crippen molar-refractivity contribution in [3.8, 4) is 11.3 Å². The number of rotatable bonds is 3. The van der Waals surface area contributed by atoms with E-state index in [1.165, 1.54) is 6.07 Å². The molecule has 0 radical (unpaired) electrons. The van der Waals surface area contributed by atoms with Crippen molar-refractivity contribution in [3.63, 3.8) is 0 Å². The number of imidazole rings is 1. The van der Waals surface area contributed by atoms with Gasteiger partial charge in [0.05, 0.1) is 22.5 Å². The lowest BCUT2D eigenvalue weighted by Crippen LogP contribution is -2.13. The van der Waals surface area contributed by atoms with Gasteiger partial charge in [0.15, 0.2) is 0 Å². The quantitative estimate of drug-likeness (QED) is 0.770. The summed E-state index contributed by atoms with van der Waals surface area (Å²) in [5.74, 6) is 0. The van der Waals surface area contributed by atoms with Gasteiger partial charge in [-0.05, 0) is 18.2 Å². The molecule has 2 aromatic heterocycles. The summed E-state index contributed by atoms with van der Waals surface area (Å²) in [6.07, 6.45) is 3.50. The highest BCUT2D eigenvalue weighted by Crippen LogP contribution is 2.27. The van der Waals surface area contributed by atoms with Crippen LogP contribution in [0.3, 0.4) is 0 Å². The first-order valence-electron chi connectivity index (χ1n) is 6.28. The molecule has 0 bridgehead atoms. The van der Waals surface area contributed by atoms with Crippen LogP contribution in [-0.2, 0) is 10.0 Å². The van der Waals surface area contributed by atoms with Crippen LogP contribution in [0.4, 0.5) is 5.69 Å². The summed E-state index contributed by atoms with van der Waals surface area (Å²) in [7, 11) is -1.99. The lowest BCUT2D eigenvalue weighted by molar-refractivity contribution is 0.598. The van der Waals surface area contributed by atoms with Crippen LogP contribution in [0.2, 0.25) is 0 Å². The average molecular weight is 302 g/mol. The maximum atomic E-state index is 11.7. The molecule has 0 aliphatic rings. The smallest absolute Gasteiger partial charge is 0.238 e. The largest absolute Gasteiger partial charge is 0.387 e. The Morgan fingerprint density at radius 3 is 2.67 bits per heavy atom. The zero-order valence-corrected chi connectivity index (χ0v) is 12.1. The van der Waals surface area contributed by atoms with E-state index in [1.807, 2.05) is 29.8 Å². The van der Waals surface area contributed by atoms with E-state index < -0.39 is 10.0 Å². The summed E-state index contributed by atoms with van der Waals surface area (Å²) in [4.78, 5) is 4.38. The van der Waals surface area contributed by atoms with E-state index in [0.29, 0.717) is 11.3 Å². The van der Waals surface area contributed by atoms with E-state index >= 15 is 0 Å². The van der Waals surface area contributed by atoms with Gasteiger partial charge in [-0.3, -0.25) is 4.40 Å². The van der Waals surface area contributed by atoms with Gasteiger partial charge in [0.1, 0.15) is 5.65 Å². The number of nitrogens with one attached hydrogen (secondary N) is 1. The Labute approximate surface area is 122 Å². The third-order valence-corrected chi connectivity index (χ3v) is 4.23. The number of hydrogen-bond acceptors (Lipinski definition) is 4. The van der Waals surface area contributed by atoms with Crippen LogP contribution in [0.1, 0.15) is 0 Å². The molecule has 0 amide bonds. The molecular formula is C14H14N4O2S. The Morgan fingerprint density at radius 1 is 1.19 bits per heavy atom. The van der Waals surface area contributed by atoms with E-state index in [0.717, 1.165) is 11.3 Å². The van der Waals surface area contributed by atoms with Crippen molar-refractivity contribution >= 4 is 21.4 Å².